The fourth-order valence-electron chi connectivity index (χ4n) is 2.23. The van der Waals surface area contributed by atoms with E-state index in [0.29, 0.717) is 6.04 Å². The summed E-state index contributed by atoms with van der Waals surface area (Å²) in [5.74, 6) is 0.780. The van der Waals surface area contributed by atoms with E-state index in [1.54, 1.807) is 0 Å². The maximum absolute atomic E-state index is 6.03. The van der Waals surface area contributed by atoms with Crippen molar-refractivity contribution in [1.82, 2.24) is 15.1 Å². The normalized spacial score (nSPS) is 21.7. The number of nitrogens with zero attached hydrogens (tertiary/aromatic N) is 2. The monoisotopic (exact) mass is 236 g/mol. The van der Waals surface area contributed by atoms with Gasteiger partial charge in [0.05, 0.1) is 12.2 Å². The van der Waals surface area contributed by atoms with Crippen LogP contribution in [-0.2, 0) is 12.0 Å². The quantitative estimate of drug-likeness (QED) is 0.824. The molecule has 0 radical (unpaired) electrons. The molecule has 0 aromatic carbocycles. The van der Waals surface area contributed by atoms with Crippen molar-refractivity contribution in [3.8, 4) is 0 Å². The van der Waals surface area contributed by atoms with E-state index in [0.717, 1.165) is 24.6 Å². The largest absolute Gasteiger partial charge is 0.384 e. The SMILES string of the molecule is CC(C)(C)c1cc(N)n(C[C@@H]2CCCCN2)n1. The summed E-state index contributed by atoms with van der Waals surface area (Å²) in [5, 5.41) is 8.15. The maximum Gasteiger partial charge on any atom is 0.122 e. The van der Waals surface area contributed by atoms with E-state index in [2.05, 4.69) is 31.2 Å². The van der Waals surface area contributed by atoms with E-state index in [9.17, 15) is 0 Å². The van der Waals surface area contributed by atoms with Crippen molar-refractivity contribution in [2.75, 3.05) is 12.3 Å². The molecule has 17 heavy (non-hydrogen) atoms. The lowest BCUT2D eigenvalue weighted by molar-refractivity contribution is 0.350. The van der Waals surface area contributed by atoms with Crippen molar-refractivity contribution < 1.29 is 0 Å². The fourth-order valence-corrected chi connectivity index (χ4v) is 2.23. The van der Waals surface area contributed by atoms with E-state index in [-0.39, 0.29) is 5.41 Å². The molecule has 3 N–H and O–H groups in total. The molecule has 0 bridgehead atoms. The molecule has 0 spiro atoms. The molecule has 1 fully saturated rings. The van der Waals surface area contributed by atoms with Gasteiger partial charge in [0.1, 0.15) is 5.82 Å². The third-order valence-corrected chi connectivity index (χ3v) is 3.39. The zero-order valence-electron chi connectivity index (χ0n) is 11.2. The van der Waals surface area contributed by atoms with Crippen LogP contribution >= 0.6 is 0 Å². The van der Waals surface area contributed by atoms with Gasteiger partial charge in [-0.3, -0.25) is 0 Å². The first-order chi connectivity index (χ1) is 7.97. The van der Waals surface area contributed by atoms with Gasteiger partial charge in [-0.15, -0.1) is 0 Å². The molecule has 1 aliphatic heterocycles. The fraction of sp³-hybridized carbons (Fsp3) is 0.769. The molecule has 0 saturated carbocycles. The minimum atomic E-state index is 0.0688. The first-order valence-corrected chi connectivity index (χ1v) is 6.54. The third-order valence-electron chi connectivity index (χ3n) is 3.39. The second-order valence-electron chi connectivity index (χ2n) is 6.03. The van der Waals surface area contributed by atoms with E-state index < -0.39 is 0 Å². The lowest BCUT2D eigenvalue weighted by Gasteiger charge is -2.23. The number of piperidine rings is 1. The molecule has 1 aromatic heterocycles. The van der Waals surface area contributed by atoms with Gasteiger partial charge in [0.25, 0.3) is 0 Å². The van der Waals surface area contributed by atoms with E-state index in [1.165, 1.54) is 19.3 Å². The van der Waals surface area contributed by atoms with Gasteiger partial charge >= 0.3 is 0 Å². The number of nitrogen functional groups attached to an aromatic ring is 1. The van der Waals surface area contributed by atoms with Crippen molar-refractivity contribution in [2.45, 2.75) is 58.0 Å². The summed E-state index contributed by atoms with van der Waals surface area (Å²) in [4.78, 5) is 0. The number of hydrogen-bond donors (Lipinski definition) is 2. The van der Waals surface area contributed by atoms with Crippen LogP contribution in [0.25, 0.3) is 0 Å². The number of rotatable bonds is 2. The molecule has 1 atom stereocenters. The Morgan fingerprint density at radius 2 is 2.24 bits per heavy atom. The van der Waals surface area contributed by atoms with Gasteiger partial charge in [-0.25, -0.2) is 4.68 Å². The maximum atomic E-state index is 6.03. The molecule has 1 aliphatic rings. The van der Waals surface area contributed by atoms with Crippen molar-refractivity contribution in [3.63, 3.8) is 0 Å². The molecule has 0 amide bonds. The summed E-state index contributed by atoms with van der Waals surface area (Å²) >= 11 is 0. The van der Waals surface area contributed by atoms with Crippen LogP contribution in [0.5, 0.6) is 0 Å². The minimum absolute atomic E-state index is 0.0688. The van der Waals surface area contributed by atoms with Crippen LogP contribution in [0, 0.1) is 0 Å². The Morgan fingerprint density at radius 3 is 2.76 bits per heavy atom. The molecular formula is C13H24N4. The summed E-state index contributed by atoms with van der Waals surface area (Å²) in [5.41, 5.74) is 7.17. The van der Waals surface area contributed by atoms with Crippen LogP contribution in [0.15, 0.2) is 6.07 Å². The van der Waals surface area contributed by atoms with Crippen LogP contribution in [0.4, 0.5) is 5.82 Å². The van der Waals surface area contributed by atoms with Crippen LogP contribution < -0.4 is 11.1 Å². The molecule has 0 unspecified atom stereocenters. The van der Waals surface area contributed by atoms with Crippen LogP contribution in [0.3, 0.4) is 0 Å². The molecule has 2 heterocycles. The molecule has 4 nitrogen and oxygen atoms in total. The molecule has 4 heteroatoms. The first kappa shape index (κ1) is 12.4. The van der Waals surface area contributed by atoms with Crippen molar-refractivity contribution in [1.29, 1.82) is 0 Å². The minimum Gasteiger partial charge on any atom is -0.384 e. The number of nitrogens with one attached hydrogen (secondary N) is 1. The number of hydrogen-bond acceptors (Lipinski definition) is 3. The van der Waals surface area contributed by atoms with E-state index in [1.807, 2.05) is 10.7 Å². The van der Waals surface area contributed by atoms with Crippen LogP contribution in [-0.4, -0.2) is 22.4 Å². The van der Waals surface area contributed by atoms with Crippen LogP contribution in [0.2, 0.25) is 0 Å². The molecule has 96 valence electrons. The Morgan fingerprint density at radius 1 is 1.47 bits per heavy atom. The highest BCUT2D eigenvalue weighted by molar-refractivity contribution is 5.33. The lowest BCUT2D eigenvalue weighted by atomic mass is 9.92. The highest BCUT2D eigenvalue weighted by Gasteiger charge is 2.20. The first-order valence-electron chi connectivity index (χ1n) is 6.54. The topological polar surface area (TPSA) is 55.9 Å². The molecule has 1 aromatic rings. The Labute approximate surface area is 104 Å². The molecule has 2 rings (SSSR count). The summed E-state index contributed by atoms with van der Waals surface area (Å²) in [7, 11) is 0. The second-order valence-corrected chi connectivity index (χ2v) is 6.03. The number of aromatic nitrogens is 2. The molecule has 1 saturated heterocycles. The van der Waals surface area contributed by atoms with E-state index in [4.69, 9.17) is 5.73 Å². The van der Waals surface area contributed by atoms with Gasteiger partial charge in [0, 0.05) is 17.5 Å². The number of nitrogens with two attached hydrogens (primary N) is 1. The van der Waals surface area contributed by atoms with Gasteiger partial charge in [-0.2, -0.15) is 5.10 Å². The predicted octanol–water partition coefficient (Wildman–Crippen LogP) is 1.90. The van der Waals surface area contributed by atoms with Crippen molar-refractivity contribution in [2.24, 2.45) is 0 Å². The average Bonchev–Trinajstić information content (AvgIpc) is 2.62. The smallest absolute Gasteiger partial charge is 0.122 e. The second kappa shape index (κ2) is 4.69. The Balaban J connectivity index is 2.07. The third kappa shape index (κ3) is 3.00. The summed E-state index contributed by atoms with van der Waals surface area (Å²) < 4.78 is 1.95. The zero-order chi connectivity index (χ0) is 12.5. The van der Waals surface area contributed by atoms with Gasteiger partial charge in [0.2, 0.25) is 0 Å². The van der Waals surface area contributed by atoms with Gasteiger partial charge in [-0.05, 0) is 19.4 Å². The predicted molar refractivity (Wildman–Crippen MR) is 71.0 cm³/mol. The summed E-state index contributed by atoms with van der Waals surface area (Å²) in [6, 6.07) is 2.53. The van der Waals surface area contributed by atoms with Crippen molar-refractivity contribution in [3.05, 3.63) is 11.8 Å². The molecular weight excluding hydrogens is 212 g/mol. The number of anilines is 1. The van der Waals surface area contributed by atoms with Crippen LogP contribution in [0.1, 0.15) is 45.7 Å². The lowest BCUT2D eigenvalue weighted by Crippen LogP contribution is -2.37. The highest BCUT2D eigenvalue weighted by Crippen LogP contribution is 2.23. The van der Waals surface area contributed by atoms with Gasteiger partial charge in [0.15, 0.2) is 0 Å². The van der Waals surface area contributed by atoms with Gasteiger partial charge < -0.3 is 11.1 Å². The highest BCUT2D eigenvalue weighted by atomic mass is 15.3. The standard InChI is InChI=1S/C13H24N4/c1-13(2,3)11-8-12(14)17(16-11)9-10-6-4-5-7-15-10/h8,10,15H,4-7,9,14H2,1-3H3/t10-/m0/s1. The Hall–Kier alpha value is -1.03. The molecule has 0 aliphatic carbocycles. The van der Waals surface area contributed by atoms with Crippen molar-refractivity contribution >= 4 is 5.82 Å². The van der Waals surface area contributed by atoms with E-state index >= 15 is 0 Å². The Bertz CT molecular complexity index is 369. The average molecular weight is 236 g/mol. The summed E-state index contributed by atoms with van der Waals surface area (Å²) in [6.07, 6.45) is 3.83. The summed E-state index contributed by atoms with van der Waals surface area (Å²) in [6.45, 7) is 8.51. The van der Waals surface area contributed by atoms with Gasteiger partial charge in [-0.1, -0.05) is 27.2 Å². The Kier molecular flexibility index (Phi) is 3.43. The zero-order valence-corrected chi connectivity index (χ0v) is 11.2.